The van der Waals surface area contributed by atoms with Crippen LogP contribution >= 0.6 is 0 Å². The van der Waals surface area contributed by atoms with E-state index in [2.05, 4.69) is 26.8 Å². The topological polar surface area (TPSA) is 101 Å². The lowest BCUT2D eigenvalue weighted by Crippen LogP contribution is -2.41. The molecule has 4 rings (SSSR count). The van der Waals surface area contributed by atoms with Gasteiger partial charge >= 0.3 is 0 Å². The van der Waals surface area contributed by atoms with Crippen LogP contribution in [0.25, 0.3) is 0 Å². The van der Waals surface area contributed by atoms with Gasteiger partial charge in [-0.25, -0.2) is 5.84 Å². The predicted molar refractivity (Wildman–Crippen MR) is 99.0 cm³/mol. The van der Waals surface area contributed by atoms with Crippen molar-refractivity contribution in [2.24, 2.45) is 16.8 Å². The number of fused-ring (bicyclic) bond motifs is 2. The Labute approximate surface area is 146 Å². The molecule has 2 aromatic rings. The first-order valence-electron chi connectivity index (χ1n) is 8.47. The molecule has 7 heteroatoms. The molecule has 7 nitrogen and oxygen atoms in total. The molecule has 2 aliphatic rings. The van der Waals surface area contributed by atoms with Crippen LogP contribution in [0, 0.1) is 0 Å². The number of benzene rings is 2. The van der Waals surface area contributed by atoms with Gasteiger partial charge < -0.3 is 26.2 Å². The summed E-state index contributed by atoms with van der Waals surface area (Å²) < 4.78 is 6.16. The van der Waals surface area contributed by atoms with Crippen molar-refractivity contribution in [3.8, 4) is 11.5 Å². The van der Waals surface area contributed by atoms with E-state index < -0.39 is 0 Å². The summed E-state index contributed by atoms with van der Waals surface area (Å²) >= 11 is 0. The van der Waals surface area contributed by atoms with Crippen LogP contribution in [0.5, 0.6) is 11.5 Å². The van der Waals surface area contributed by atoms with Gasteiger partial charge in [0.05, 0.1) is 11.4 Å². The van der Waals surface area contributed by atoms with Gasteiger partial charge in [-0.3, -0.25) is 0 Å². The van der Waals surface area contributed by atoms with Crippen molar-refractivity contribution in [3.05, 3.63) is 48.0 Å². The van der Waals surface area contributed by atoms with Crippen LogP contribution in [0.3, 0.4) is 0 Å². The smallest absolute Gasteiger partial charge is 0.166 e. The van der Waals surface area contributed by atoms with Crippen LogP contribution < -0.4 is 32.1 Å². The number of hydrogen-bond acceptors (Lipinski definition) is 6. The molecule has 0 aliphatic carbocycles. The Morgan fingerprint density at radius 2 is 1.88 bits per heavy atom. The van der Waals surface area contributed by atoms with Crippen molar-refractivity contribution < 1.29 is 4.74 Å². The third-order valence-electron chi connectivity index (χ3n) is 4.78. The van der Waals surface area contributed by atoms with Gasteiger partial charge in [-0.2, -0.15) is 5.10 Å². The second-order valence-corrected chi connectivity index (χ2v) is 6.23. The zero-order valence-corrected chi connectivity index (χ0v) is 13.9. The van der Waals surface area contributed by atoms with Crippen LogP contribution in [0.15, 0.2) is 47.6 Å². The van der Waals surface area contributed by atoms with Gasteiger partial charge in [0.25, 0.3) is 0 Å². The van der Waals surface area contributed by atoms with Gasteiger partial charge in [0.2, 0.25) is 0 Å². The molecule has 1 saturated heterocycles. The maximum absolute atomic E-state index is 6.16. The Bertz CT molecular complexity index is 800. The molecule has 0 amide bonds. The van der Waals surface area contributed by atoms with E-state index in [4.69, 9.17) is 16.4 Å². The summed E-state index contributed by atoms with van der Waals surface area (Å²) in [4.78, 5) is 2.40. The molecule has 2 aromatic carbocycles. The van der Waals surface area contributed by atoms with Crippen LogP contribution in [-0.2, 0) is 0 Å². The lowest BCUT2D eigenvalue weighted by molar-refractivity contribution is 0.426. The van der Waals surface area contributed by atoms with E-state index in [0.29, 0.717) is 11.9 Å². The van der Waals surface area contributed by atoms with Crippen molar-refractivity contribution in [1.29, 1.82) is 0 Å². The molecule has 0 saturated carbocycles. The SMILES string of the molecule is NN=C(NN)c1ccc2c(c1)Oc1ccccc1N2C1CCNCC1. The summed E-state index contributed by atoms with van der Waals surface area (Å²) in [7, 11) is 0. The minimum absolute atomic E-state index is 0.415. The van der Waals surface area contributed by atoms with Gasteiger partial charge in [-0.05, 0) is 56.3 Å². The molecule has 6 N–H and O–H groups in total. The number of ether oxygens (including phenoxy) is 1. The first-order valence-corrected chi connectivity index (χ1v) is 8.47. The van der Waals surface area contributed by atoms with Crippen molar-refractivity contribution in [3.63, 3.8) is 0 Å². The summed E-state index contributed by atoms with van der Waals surface area (Å²) in [5.74, 6) is 13.0. The number of anilines is 2. The molecule has 0 unspecified atom stereocenters. The predicted octanol–water partition coefficient (Wildman–Crippen LogP) is 1.77. The van der Waals surface area contributed by atoms with Crippen LogP contribution in [0.2, 0.25) is 0 Å². The maximum atomic E-state index is 6.16. The van der Waals surface area contributed by atoms with Crippen molar-refractivity contribution >= 4 is 17.2 Å². The molecule has 2 heterocycles. The van der Waals surface area contributed by atoms with Gasteiger partial charge in [0.1, 0.15) is 0 Å². The molecule has 130 valence electrons. The summed E-state index contributed by atoms with van der Waals surface area (Å²) in [6, 6.07) is 14.5. The standard InChI is InChI=1S/C18H22N6O/c19-22-18(23-20)12-5-6-15-17(11-12)25-16-4-2-1-3-14(16)24(15)13-7-9-21-10-8-13/h1-6,11,13,21H,7-10,19-20H2,(H,22,23). The quantitative estimate of drug-likeness (QED) is 0.288. The highest BCUT2D eigenvalue weighted by atomic mass is 16.5. The normalized spacial score (nSPS) is 17.5. The average Bonchev–Trinajstić information content (AvgIpc) is 2.67. The number of hydrazine groups is 1. The number of hydrazone groups is 1. The molecule has 0 aromatic heterocycles. The minimum Gasteiger partial charge on any atom is -0.453 e. The molecule has 0 atom stereocenters. The minimum atomic E-state index is 0.415. The van der Waals surface area contributed by atoms with Crippen LogP contribution in [-0.4, -0.2) is 25.0 Å². The van der Waals surface area contributed by atoms with E-state index in [0.717, 1.165) is 54.4 Å². The number of amidine groups is 1. The molecule has 2 aliphatic heterocycles. The molecule has 1 fully saturated rings. The fourth-order valence-corrected chi connectivity index (χ4v) is 3.59. The summed E-state index contributed by atoms with van der Waals surface area (Å²) in [5.41, 5.74) is 5.47. The highest BCUT2D eigenvalue weighted by Crippen LogP contribution is 2.48. The zero-order valence-electron chi connectivity index (χ0n) is 13.9. The van der Waals surface area contributed by atoms with Gasteiger partial charge in [0.15, 0.2) is 17.3 Å². The first-order chi connectivity index (χ1) is 12.3. The third-order valence-corrected chi connectivity index (χ3v) is 4.78. The van der Waals surface area contributed by atoms with E-state index in [9.17, 15) is 0 Å². The molecule has 0 spiro atoms. The van der Waals surface area contributed by atoms with E-state index in [1.54, 1.807) is 0 Å². The van der Waals surface area contributed by atoms with E-state index >= 15 is 0 Å². The molecular formula is C18H22N6O. The van der Waals surface area contributed by atoms with Gasteiger partial charge in [0, 0.05) is 11.6 Å². The van der Waals surface area contributed by atoms with E-state index in [1.165, 1.54) is 0 Å². The number of piperidine rings is 1. The number of nitrogens with two attached hydrogens (primary N) is 2. The third kappa shape index (κ3) is 2.77. The van der Waals surface area contributed by atoms with Crippen LogP contribution in [0.4, 0.5) is 11.4 Å². The summed E-state index contributed by atoms with van der Waals surface area (Å²) in [6.07, 6.45) is 2.19. The van der Waals surface area contributed by atoms with Gasteiger partial charge in [-0.1, -0.05) is 12.1 Å². The zero-order chi connectivity index (χ0) is 17.2. The number of para-hydroxylation sites is 2. The Morgan fingerprint density at radius 3 is 2.64 bits per heavy atom. The molecular weight excluding hydrogens is 316 g/mol. The number of rotatable bonds is 2. The molecule has 0 radical (unpaired) electrons. The Kier molecular flexibility index (Phi) is 4.17. The molecule has 25 heavy (non-hydrogen) atoms. The van der Waals surface area contributed by atoms with E-state index in [-0.39, 0.29) is 0 Å². The van der Waals surface area contributed by atoms with Crippen LogP contribution in [0.1, 0.15) is 18.4 Å². The fraction of sp³-hybridized carbons (Fsp3) is 0.278. The number of nitrogens with one attached hydrogen (secondary N) is 2. The van der Waals surface area contributed by atoms with Crippen molar-refractivity contribution in [2.45, 2.75) is 18.9 Å². The van der Waals surface area contributed by atoms with E-state index in [1.807, 2.05) is 36.4 Å². The lowest BCUT2D eigenvalue weighted by atomic mass is 10.0. The van der Waals surface area contributed by atoms with Crippen molar-refractivity contribution in [2.75, 3.05) is 18.0 Å². The second-order valence-electron chi connectivity index (χ2n) is 6.23. The highest BCUT2D eigenvalue weighted by Gasteiger charge is 2.31. The Morgan fingerprint density at radius 1 is 1.12 bits per heavy atom. The highest BCUT2D eigenvalue weighted by molar-refractivity contribution is 5.99. The largest absolute Gasteiger partial charge is 0.453 e. The fourth-order valence-electron chi connectivity index (χ4n) is 3.59. The average molecular weight is 338 g/mol. The molecule has 0 bridgehead atoms. The summed E-state index contributed by atoms with van der Waals surface area (Å²) in [6.45, 7) is 2.05. The lowest BCUT2D eigenvalue weighted by Gasteiger charge is -2.40. The number of hydrogen-bond donors (Lipinski definition) is 4. The monoisotopic (exact) mass is 338 g/mol. The Balaban J connectivity index is 1.80. The summed E-state index contributed by atoms with van der Waals surface area (Å²) in [5, 5.41) is 7.11. The first kappa shape index (κ1) is 15.7. The van der Waals surface area contributed by atoms with Gasteiger partial charge in [-0.15, -0.1) is 0 Å². The Hall–Kier alpha value is -2.77. The van der Waals surface area contributed by atoms with Crippen molar-refractivity contribution in [1.82, 2.24) is 10.7 Å². The second kappa shape index (κ2) is 6.62. The number of nitrogens with zero attached hydrogens (tertiary/aromatic N) is 2. The maximum Gasteiger partial charge on any atom is 0.166 e.